The van der Waals surface area contributed by atoms with Crippen LogP contribution in [0.25, 0.3) is 0 Å². The van der Waals surface area contributed by atoms with Gasteiger partial charge in [-0.25, -0.2) is 0 Å². The summed E-state index contributed by atoms with van der Waals surface area (Å²) in [5.41, 5.74) is 3.84. The Hall–Kier alpha value is -2.33. The number of para-hydroxylation sites is 1. The first kappa shape index (κ1) is 18.4. The van der Waals surface area contributed by atoms with E-state index in [9.17, 15) is 4.79 Å². The third-order valence-electron chi connectivity index (χ3n) is 8.13. The number of benzene rings is 2. The van der Waals surface area contributed by atoms with Gasteiger partial charge >= 0.3 is 0 Å². The van der Waals surface area contributed by atoms with Gasteiger partial charge in [-0.1, -0.05) is 42.5 Å². The second-order valence-corrected chi connectivity index (χ2v) is 9.43. The van der Waals surface area contributed by atoms with E-state index < -0.39 is 0 Å². The standard InChI is InChI=1S/C26H30N2O2/c1-2-30-24-11-6-5-10-22(24)23-16-20-17-27(25(29)26(20)12-7-13-28(23)26)21-14-18-8-3-4-9-19(18)15-21/h3-6,8-11,20-21,23H,2,7,12-17H2,1H3/t20-,23-,26-/m0/s1. The molecule has 1 spiro atoms. The Labute approximate surface area is 178 Å². The van der Waals surface area contributed by atoms with Crippen molar-refractivity contribution in [3.63, 3.8) is 0 Å². The lowest BCUT2D eigenvalue weighted by molar-refractivity contribution is -0.138. The van der Waals surface area contributed by atoms with E-state index in [1.54, 1.807) is 0 Å². The van der Waals surface area contributed by atoms with E-state index in [0.29, 0.717) is 30.5 Å². The smallest absolute Gasteiger partial charge is 0.243 e. The summed E-state index contributed by atoms with van der Waals surface area (Å²) in [6, 6.07) is 17.8. The minimum Gasteiger partial charge on any atom is -0.494 e. The van der Waals surface area contributed by atoms with Gasteiger partial charge in [0.15, 0.2) is 0 Å². The van der Waals surface area contributed by atoms with Crippen molar-refractivity contribution in [2.45, 2.75) is 56.7 Å². The van der Waals surface area contributed by atoms with Gasteiger partial charge in [-0.05, 0) is 62.8 Å². The van der Waals surface area contributed by atoms with Crippen LogP contribution < -0.4 is 4.74 Å². The summed E-state index contributed by atoms with van der Waals surface area (Å²) in [5.74, 6) is 1.82. The predicted octanol–water partition coefficient (Wildman–Crippen LogP) is 3.99. The molecule has 1 amide bonds. The van der Waals surface area contributed by atoms with Crippen LogP contribution in [0, 0.1) is 5.92 Å². The molecule has 4 heteroatoms. The van der Waals surface area contributed by atoms with Crippen molar-refractivity contribution in [1.29, 1.82) is 0 Å². The first-order valence-corrected chi connectivity index (χ1v) is 11.6. The molecule has 4 nitrogen and oxygen atoms in total. The molecule has 3 aliphatic heterocycles. The highest BCUT2D eigenvalue weighted by molar-refractivity contribution is 5.90. The van der Waals surface area contributed by atoms with Crippen LogP contribution in [0.4, 0.5) is 0 Å². The van der Waals surface area contributed by atoms with Gasteiger partial charge in [0, 0.05) is 30.1 Å². The molecule has 0 bridgehead atoms. The zero-order chi connectivity index (χ0) is 20.3. The van der Waals surface area contributed by atoms with E-state index in [2.05, 4.69) is 58.3 Å². The summed E-state index contributed by atoms with van der Waals surface area (Å²) >= 11 is 0. The molecule has 2 aromatic rings. The summed E-state index contributed by atoms with van der Waals surface area (Å²) in [7, 11) is 0. The fourth-order valence-corrected chi connectivity index (χ4v) is 6.93. The van der Waals surface area contributed by atoms with Gasteiger partial charge < -0.3 is 9.64 Å². The Balaban J connectivity index is 1.30. The van der Waals surface area contributed by atoms with E-state index in [4.69, 9.17) is 4.74 Å². The van der Waals surface area contributed by atoms with Crippen molar-refractivity contribution in [1.82, 2.24) is 9.80 Å². The van der Waals surface area contributed by atoms with Gasteiger partial charge in [0.2, 0.25) is 5.91 Å². The minimum absolute atomic E-state index is 0.279. The second kappa shape index (κ2) is 6.84. The molecule has 0 saturated carbocycles. The van der Waals surface area contributed by atoms with Crippen LogP contribution in [-0.2, 0) is 17.6 Å². The Kier molecular flexibility index (Phi) is 4.21. The first-order valence-electron chi connectivity index (χ1n) is 11.6. The Morgan fingerprint density at radius 2 is 1.80 bits per heavy atom. The summed E-state index contributed by atoms with van der Waals surface area (Å²) in [4.78, 5) is 18.8. The van der Waals surface area contributed by atoms with Crippen LogP contribution in [0.2, 0.25) is 0 Å². The molecule has 2 aromatic carbocycles. The van der Waals surface area contributed by atoms with Crippen molar-refractivity contribution >= 4 is 5.91 Å². The normalized spacial score (nSPS) is 30.6. The predicted molar refractivity (Wildman–Crippen MR) is 116 cm³/mol. The average molecular weight is 403 g/mol. The summed E-state index contributed by atoms with van der Waals surface area (Å²) in [6.07, 6.45) is 5.23. The van der Waals surface area contributed by atoms with Crippen LogP contribution in [-0.4, -0.2) is 47.0 Å². The first-order chi connectivity index (χ1) is 14.7. The maximum Gasteiger partial charge on any atom is 0.243 e. The lowest BCUT2D eigenvalue weighted by atomic mass is 9.85. The minimum atomic E-state index is -0.279. The molecule has 156 valence electrons. The van der Waals surface area contributed by atoms with E-state index in [-0.39, 0.29) is 5.54 Å². The molecular weight excluding hydrogens is 372 g/mol. The SMILES string of the molecule is CCOc1ccccc1[C@@H]1C[C@H]2CN(C3Cc4ccccc4C3)C(=O)[C@]23CCCN13. The second-order valence-electron chi connectivity index (χ2n) is 9.43. The van der Waals surface area contributed by atoms with Gasteiger partial charge in [0.05, 0.1) is 6.61 Å². The fraction of sp³-hybridized carbons (Fsp3) is 0.500. The highest BCUT2D eigenvalue weighted by atomic mass is 16.5. The molecule has 6 rings (SSSR count). The van der Waals surface area contributed by atoms with Crippen molar-refractivity contribution in [3.05, 3.63) is 65.2 Å². The highest BCUT2D eigenvalue weighted by Crippen LogP contribution is 2.57. The molecule has 3 fully saturated rings. The van der Waals surface area contributed by atoms with Crippen LogP contribution in [0.15, 0.2) is 48.5 Å². The van der Waals surface area contributed by atoms with Crippen molar-refractivity contribution in [2.24, 2.45) is 5.92 Å². The van der Waals surface area contributed by atoms with Gasteiger partial charge in [-0.3, -0.25) is 9.69 Å². The van der Waals surface area contributed by atoms with E-state index in [1.165, 1.54) is 16.7 Å². The molecule has 0 unspecified atom stereocenters. The lowest BCUT2D eigenvalue weighted by Gasteiger charge is -2.35. The monoisotopic (exact) mass is 402 g/mol. The van der Waals surface area contributed by atoms with Crippen molar-refractivity contribution < 1.29 is 9.53 Å². The molecule has 0 radical (unpaired) electrons. The molecule has 0 N–H and O–H groups in total. The van der Waals surface area contributed by atoms with Gasteiger partial charge in [-0.2, -0.15) is 0 Å². The Morgan fingerprint density at radius 3 is 2.57 bits per heavy atom. The largest absolute Gasteiger partial charge is 0.494 e. The number of hydrogen-bond acceptors (Lipinski definition) is 3. The number of carbonyl (C=O) groups excluding carboxylic acids is 1. The summed E-state index contributed by atoms with van der Waals surface area (Å²) in [5, 5.41) is 0. The van der Waals surface area contributed by atoms with Crippen molar-refractivity contribution in [3.8, 4) is 5.75 Å². The number of carbonyl (C=O) groups is 1. The van der Waals surface area contributed by atoms with Gasteiger partial charge in [0.1, 0.15) is 11.3 Å². The highest BCUT2D eigenvalue weighted by Gasteiger charge is 2.66. The number of likely N-dealkylation sites (tertiary alicyclic amines) is 1. The number of fused-ring (bicyclic) bond motifs is 1. The summed E-state index contributed by atoms with van der Waals surface area (Å²) in [6.45, 7) is 4.65. The van der Waals surface area contributed by atoms with E-state index in [1.807, 2.05) is 6.92 Å². The average Bonchev–Trinajstić information content (AvgIpc) is 3.49. The molecule has 30 heavy (non-hydrogen) atoms. The maximum absolute atomic E-state index is 14.0. The lowest BCUT2D eigenvalue weighted by Crippen LogP contribution is -2.51. The molecule has 3 atom stereocenters. The molecule has 0 aromatic heterocycles. The van der Waals surface area contributed by atoms with E-state index >= 15 is 0 Å². The van der Waals surface area contributed by atoms with Gasteiger partial charge in [-0.15, -0.1) is 0 Å². The summed E-state index contributed by atoms with van der Waals surface area (Å²) < 4.78 is 5.96. The molecule has 4 aliphatic rings. The maximum atomic E-state index is 14.0. The number of amides is 1. The van der Waals surface area contributed by atoms with Crippen LogP contribution in [0.3, 0.4) is 0 Å². The molecule has 3 heterocycles. The van der Waals surface area contributed by atoms with Crippen LogP contribution >= 0.6 is 0 Å². The molecule has 1 aliphatic carbocycles. The van der Waals surface area contributed by atoms with E-state index in [0.717, 1.165) is 50.9 Å². The van der Waals surface area contributed by atoms with Crippen molar-refractivity contribution in [2.75, 3.05) is 19.7 Å². The number of rotatable bonds is 4. The zero-order valence-electron chi connectivity index (χ0n) is 17.7. The third kappa shape index (κ3) is 2.46. The quantitative estimate of drug-likeness (QED) is 0.775. The Bertz CT molecular complexity index is 964. The Morgan fingerprint density at radius 1 is 1.07 bits per heavy atom. The fourth-order valence-electron chi connectivity index (χ4n) is 6.93. The molecular formula is C26H30N2O2. The number of nitrogens with zero attached hydrogens (tertiary/aromatic N) is 2. The van der Waals surface area contributed by atoms with Gasteiger partial charge in [0.25, 0.3) is 0 Å². The zero-order valence-corrected chi connectivity index (χ0v) is 17.7. The molecule has 3 saturated heterocycles. The number of hydrogen-bond donors (Lipinski definition) is 0. The third-order valence-corrected chi connectivity index (χ3v) is 8.13. The van der Waals surface area contributed by atoms with Crippen LogP contribution in [0.1, 0.15) is 48.9 Å². The number of ether oxygens (including phenoxy) is 1. The topological polar surface area (TPSA) is 32.8 Å². The van der Waals surface area contributed by atoms with Crippen LogP contribution in [0.5, 0.6) is 5.75 Å².